The molecule has 0 atom stereocenters. The van der Waals surface area contributed by atoms with Crippen LogP contribution in [0.2, 0.25) is 0 Å². The van der Waals surface area contributed by atoms with Gasteiger partial charge in [-0.1, -0.05) is 5.16 Å². The Bertz CT molecular complexity index is 916. The van der Waals surface area contributed by atoms with Gasteiger partial charge in [0.2, 0.25) is 0 Å². The molecule has 0 spiro atoms. The Hall–Kier alpha value is -2.80. The van der Waals surface area contributed by atoms with Crippen molar-refractivity contribution in [3.63, 3.8) is 0 Å². The Balaban J connectivity index is 1.83. The number of aryl methyl sites for hydroxylation is 1. The van der Waals surface area contributed by atoms with E-state index in [1.807, 2.05) is 18.4 Å². The lowest BCUT2D eigenvalue weighted by molar-refractivity contribution is 0.0776. The molecular weight excluding hydrogens is 352 g/mol. The zero-order chi connectivity index (χ0) is 18.7. The lowest BCUT2D eigenvalue weighted by atomic mass is 10.1. The van der Waals surface area contributed by atoms with Crippen LogP contribution in [0.5, 0.6) is 11.5 Å². The van der Waals surface area contributed by atoms with Crippen molar-refractivity contribution in [2.24, 2.45) is 0 Å². The van der Waals surface area contributed by atoms with E-state index >= 15 is 0 Å². The molecule has 26 heavy (non-hydrogen) atoms. The molecule has 1 aromatic carbocycles. The summed E-state index contributed by atoms with van der Waals surface area (Å²) in [4.78, 5) is 15.4. The summed E-state index contributed by atoms with van der Waals surface area (Å²) in [6, 6.07) is 9.02. The highest BCUT2D eigenvalue weighted by molar-refractivity contribution is 7.10. The first-order valence-electron chi connectivity index (χ1n) is 8.01. The molecule has 2 heterocycles. The average Bonchev–Trinajstić information content (AvgIpc) is 3.30. The molecule has 0 bridgehead atoms. The van der Waals surface area contributed by atoms with Crippen LogP contribution in [-0.4, -0.2) is 37.2 Å². The summed E-state index contributed by atoms with van der Waals surface area (Å²) in [7, 11) is 4.91. The van der Waals surface area contributed by atoms with E-state index in [4.69, 9.17) is 14.0 Å². The fourth-order valence-electron chi connectivity index (χ4n) is 2.56. The van der Waals surface area contributed by atoms with Crippen LogP contribution in [0.4, 0.5) is 0 Å². The lowest BCUT2D eigenvalue weighted by Crippen LogP contribution is -2.26. The molecule has 2 aromatic heterocycles. The third-order valence-electron chi connectivity index (χ3n) is 4.10. The molecule has 3 rings (SSSR count). The van der Waals surface area contributed by atoms with Gasteiger partial charge in [-0.25, -0.2) is 0 Å². The monoisotopic (exact) mass is 372 g/mol. The summed E-state index contributed by atoms with van der Waals surface area (Å²) in [6.45, 7) is 2.57. The Kier molecular flexibility index (Phi) is 5.27. The zero-order valence-corrected chi connectivity index (χ0v) is 15.9. The zero-order valence-electron chi connectivity index (χ0n) is 15.1. The molecule has 6 nitrogen and oxygen atoms in total. The van der Waals surface area contributed by atoms with Crippen LogP contribution < -0.4 is 9.47 Å². The van der Waals surface area contributed by atoms with Gasteiger partial charge in [0, 0.05) is 18.0 Å². The minimum Gasteiger partial charge on any atom is -0.497 e. The summed E-state index contributed by atoms with van der Waals surface area (Å²) in [6.07, 6.45) is 0. The SMILES string of the molecule is COc1ccc(OC)c(-c2cc(C(=O)N(C)Cc3sccc3C)no2)c1. The third kappa shape index (κ3) is 3.57. The second-order valence-corrected chi connectivity index (χ2v) is 6.83. The molecule has 0 N–H and O–H groups in total. The second kappa shape index (κ2) is 7.61. The van der Waals surface area contributed by atoms with Crippen molar-refractivity contribution in [2.45, 2.75) is 13.5 Å². The minimum atomic E-state index is -0.199. The van der Waals surface area contributed by atoms with Gasteiger partial charge in [0.1, 0.15) is 11.5 Å². The van der Waals surface area contributed by atoms with Crippen LogP contribution in [0.25, 0.3) is 11.3 Å². The Morgan fingerprint density at radius 3 is 2.69 bits per heavy atom. The van der Waals surface area contributed by atoms with Gasteiger partial charge < -0.3 is 18.9 Å². The smallest absolute Gasteiger partial charge is 0.276 e. The molecule has 0 fully saturated rings. The number of nitrogens with zero attached hydrogens (tertiary/aromatic N) is 2. The molecule has 0 aliphatic rings. The van der Waals surface area contributed by atoms with Crippen molar-refractivity contribution in [1.29, 1.82) is 0 Å². The molecule has 0 radical (unpaired) electrons. The maximum atomic E-state index is 12.7. The fraction of sp³-hybridized carbons (Fsp3) is 0.263. The Morgan fingerprint density at radius 1 is 1.23 bits per heavy atom. The molecule has 1 amide bonds. The van der Waals surface area contributed by atoms with E-state index in [9.17, 15) is 4.79 Å². The second-order valence-electron chi connectivity index (χ2n) is 5.83. The standard InChI is InChI=1S/C19H20N2O4S/c1-12-7-8-26-18(12)11-21(2)19(22)15-10-17(25-20-15)14-9-13(23-3)5-6-16(14)24-4/h5-10H,11H2,1-4H3. The van der Waals surface area contributed by atoms with Gasteiger partial charge in [0.25, 0.3) is 5.91 Å². The maximum Gasteiger partial charge on any atom is 0.276 e. The number of carbonyl (C=O) groups excluding carboxylic acids is 1. The summed E-state index contributed by atoms with van der Waals surface area (Å²) in [5.41, 5.74) is 2.10. The van der Waals surface area contributed by atoms with Crippen LogP contribution in [0.1, 0.15) is 20.9 Å². The van der Waals surface area contributed by atoms with Crippen LogP contribution >= 0.6 is 11.3 Å². The first-order valence-corrected chi connectivity index (χ1v) is 8.89. The molecule has 0 saturated heterocycles. The maximum absolute atomic E-state index is 12.7. The van der Waals surface area contributed by atoms with E-state index in [1.54, 1.807) is 61.8 Å². The van der Waals surface area contributed by atoms with Crippen LogP contribution in [0.3, 0.4) is 0 Å². The number of amides is 1. The van der Waals surface area contributed by atoms with Gasteiger partial charge in [0.15, 0.2) is 11.5 Å². The van der Waals surface area contributed by atoms with Gasteiger partial charge in [-0.2, -0.15) is 0 Å². The van der Waals surface area contributed by atoms with E-state index < -0.39 is 0 Å². The van der Waals surface area contributed by atoms with Crippen LogP contribution in [-0.2, 0) is 6.54 Å². The fourth-order valence-corrected chi connectivity index (χ4v) is 3.52. The van der Waals surface area contributed by atoms with Crippen molar-refractivity contribution >= 4 is 17.2 Å². The highest BCUT2D eigenvalue weighted by Gasteiger charge is 2.20. The molecule has 7 heteroatoms. The third-order valence-corrected chi connectivity index (χ3v) is 5.10. The molecular formula is C19H20N2O4S. The Labute approximate surface area is 155 Å². The highest BCUT2D eigenvalue weighted by atomic mass is 32.1. The van der Waals surface area contributed by atoms with Gasteiger partial charge >= 0.3 is 0 Å². The number of ether oxygens (including phenoxy) is 2. The molecule has 3 aromatic rings. The molecule has 0 saturated carbocycles. The number of benzene rings is 1. The van der Waals surface area contributed by atoms with Gasteiger partial charge in [-0.05, 0) is 42.1 Å². The number of rotatable bonds is 6. The van der Waals surface area contributed by atoms with Gasteiger partial charge in [-0.3, -0.25) is 4.79 Å². The van der Waals surface area contributed by atoms with Crippen molar-refractivity contribution in [3.8, 4) is 22.8 Å². The number of hydrogen-bond acceptors (Lipinski definition) is 6. The average molecular weight is 372 g/mol. The molecule has 0 aliphatic carbocycles. The minimum absolute atomic E-state index is 0.199. The summed E-state index contributed by atoms with van der Waals surface area (Å²) in [5, 5.41) is 5.96. The number of carbonyl (C=O) groups is 1. The summed E-state index contributed by atoms with van der Waals surface area (Å²) >= 11 is 1.63. The predicted molar refractivity (Wildman–Crippen MR) is 99.9 cm³/mol. The van der Waals surface area contributed by atoms with Gasteiger partial charge in [0.05, 0.1) is 26.3 Å². The van der Waals surface area contributed by atoms with Gasteiger partial charge in [-0.15, -0.1) is 11.3 Å². The number of methoxy groups -OCH3 is 2. The summed E-state index contributed by atoms with van der Waals surface area (Å²) in [5.74, 6) is 1.53. The van der Waals surface area contributed by atoms with E-state index in [2.05, 4.69) is 5.16 Å². The number of aromatic nitrogens is 1. The molecule has 136 valence electrons. The first kappa shape index (κ1) is 18.0. The summed E-state index contributed by atoms with van der Waals surface area (Å²) < 4.78 is 16.0. The van der Waals surface area contributed by atoms with Crippen LogP contribution in [0, 0.1) is 6.92 Å². The number of thiophene rings is 1. The quantitative estimate of drug-likeness (QED) is 0.654. The van der Waals surface area contributed by atoms with Crippen LogP contribution in [0.15, 0.2) is 40.2 Å². The highest BCUT2D eigenvalue weighted by Crippen LogP contribution is 2.34. The topological polar surface area (TPSA) is 64.8 Å². The molecule has 0 unspecified atom stereocenters. The van der Waals surface area contributed by atoms with Crippen molar-refractivity contribution in [3.05, 3.63) is 51.8 Å². The normalized spacial score (nSPS) is 10.6. The molecule has 0 aliphatic heterocycles. The number of hydrogen-bond donors (Lipinski definition) is 0. The Morgan fingerprint density at radius 2 is 2.04 bits per heavy atom. The predicted octanol–water partition coefficient (Wildman–Crippen LogP) is 4.00. The van der Waals surface area contributed by atoms with E-state index in [0.717, 1.165) is 4.88 Å². The largest absolute Gasteiger partial charge is 0.497 e. The first-order chi connectivity index (χ1) is 12.5. The van der Waals surface area contributed by atoms with Crippen molar-refractivity contribution in [2.75, 3.05) is 21.3 Å². The van der Waals surface area contributed by atoms with Crippen molar-refractivity contribution in [1.82, 2.24) is 10.1 Å². The van der Waals surface area contributed by atoms with E-state index in [0.29, 0.717) is 29.4 Å². The van der Waals surface area contributed by atoms with Crippen molar-refractivity contribution < 1.29 is 18.8 Å². The van der Waals surface area contributed by atoms with E-state index in [-0.39, 0.29) is 11.6 Å². The van der Waals surface area contributed by atoms with E-state index in [1.165, 1.54) is 5.56 Å². The lowest BCUT2D eigenvalue weighted by Gasteiger charge is -2.15.